The number of aromatic nitrogens is 1. The van der Waals surface area contributed by atoms with Crippen molar-refractivity contribution in [2.24, 2.45) is 5.41 Å². The van der Waals surface area contributed by atoms with Gasteiger partial charge in [-0.1, -0.05) is 20.8 Å². The average molecular weight is 283 g/mol. The quantitative estimate of drug-likeness (QED) is 0.892. The lowest BCUT2D eigenvalue weighted by Gasteiger charge is -2.28. The van der Waals surface area contributed by atoms with E-state index in [9.17, 15) is 9.90 Å². The van der Waals surface area contributed by atoms with Crippen molar-refractivity contribution < 1.29 is 14.6 Å². The van der Waals surface area contributed by atoms with Crippen LogP contribution in [0.2, 0.25) is 0 Å². The number of thiazole rings is 1. The van der Waals surface area contributed by atoms with E-state index in [-0.39, 0.29) is 11.5 Å². The summed E-state index contributed by atoms with van der Waals surface area (Å²) in [6.45, 7) is 8.82. The van der Waals surface area contributed by atoms with Gasteiger partial charge in [-0.15, -0.1) is 11.3 Å². The van der Waals surface area contributed by atoms with Gasteiger partial charge in [-0.25, -0.2) is 9.78 Å². The van der Waals surface area contributed by atoms with Crippen molar-refractivity contribution in [1.82, 2.24) is 4.98 Å². The fourth-order valence-electron chi connectivity index (χ4n) is 2.11. The number of carboxylic acids is 1. The Balaban J connectivity index is 2.37. The summed E-state index contributed by atoms with van der Waals surface area (Å²) in [5.74, 6) is -0.520. The molecule has 1 aliphatic rings. The Bertz CT molecular complexity index is 472. The molecule has 4 nitrogen and oxygen atoms in total. The monoisotopic (exact) mass is 283 g/mol. The number of carboxylic acid groups (broad SMARTS) is 1. The first-order valence-corrected chi connectivity index (χ1v) is 7.51. The van der Waals surface area contributed by atoms with Crippen molar-refractivity contribution in [3.63, 3.8) is 0 Å². The highest BCUT2D eigenvalue weighted by Gasteiger charge is 2.36. The zero-order valence-electron chi connectivity index (χ0n) is 11.9. The van der Waals surface area contributed by atoms with Gasteiger partial charge in [0.2, 0.25) is 0 Å². The Morgan fingerprint density at radius 2 is 2.16 bits per heavy atom. The zero-order valence-corrected chi connectivity index (χ0v) is 12.7. The Labute approximate surface area is 117 Å². The molecule has 19 heavy (non-hydrogen) atoms. The number of hydrogen-bond donors (Lipinski definition) is 1. The van der Waals surface area contributed by atoms with Crippen LogP contribution in [0.25, 0.3) is 0 Å². The molecule has 5 heteroatoms. The summed E-state index contributed by atoms with van der Waals surface area (Å²) in [6.07, 6.45) is 1.96. The number of hydrogen-bond acceptors (Lipinski definition) is 4. The van der Waals surface area contributed by atoms with E-state index in [0.717, 1.165) is 23.5 Å². The minimum absolute atomic E-state index is 0.0928. The van der Waals surface area contributed by atoms with E-state index in [1.165, 1.54) is 11.3 Å². The van der Waals surface area contributed by atoms with Crippen molar-refractivity contribution >= 4 is 17.3 Å². The van der Waals surface area contributed by atoms with Gasteiger partial charge in [-0.2, -0.15) is 0 Å². The molecule has 1 saturated carbocycles. The topological polar surface area (TPSA) is 59.4 Å². The van der Waals surface area contributed by atoms with Crippen LogP contribution in [0.5, 0.6) is 0 Å². The van der Waals surface area contributed by atoms with Gasteiger partial charge >= 0.3 is 5.97 Å². The second-order valence-corrected chi connectivity index (χ2v) is 7.08. The largest absolute Gasteiger partial charge is 0.477 e. The van der Waals surface area contributed by atoms with E-state index in [1.807, 2.05) is 6.92 Å². The summed E-state index contributed by atoms with van der Waals surface area (Å²) in [6, 6.07) is 0. The van der Waals surface area contributed by atoms with Crippen LogP contribution in [-0.4, -0.2) is 22.7 Å². The molecule has 1 atom stereocenters. The molecule has 106 valence electrons. The van der Waals surface area contributed by atoms with Crippen molar-refractivity contribution in [2.75, 3.05) is 6.61 Å². The first-order valence-electron chi connectivity index (χ1n) is 6.70. The van der Waals surface area contributed by atoms with Gasteiger partial charge in [0.05, 0.1) is 5.69 Å². The van der Waals surface area contributed by atoms with Gasteiger partial charge in [-0.05, 0) is 25.2 Å². The molecule has 1 fully saturated rings. The highest BCUT2D eigenvalue weighted by Crippen LogP contribution is 2.45. The molecule has 1 aromatic rings. The van der Waals surface area contributed by atoms with Crippen LogP contribution in [0.15, 0.2) is 0 Å². The normalized spacial score (nSPS) is 17.5. The lowest BCUT2D eigenvalue weighted by molar-refractivity contribution is -0.0134. The van der Waals surface area contributed by atoms with Crippen molar-refractivity contribution in [3.05, 3.63) is 15.6 Å². The number of nitrogens with zero attached hydrogens (tertiary/aromatic N) is 1. The van der Waals surface area contributed by atoms with Crippen LogP contribution in [0.4, 0.5) is 0 Å². The lowest BCUT2D eigenvalue weighted by Crippen LogP contribution is -2.21. The van der Waals surface area contributed by atoms with Crippen LogP contribution in [0, 0.1) is 5.41 Å². The number of aromatic carboxylic acids is 1. The summed E-state index contributed by atoms with van der Waals surface area (Å²) in [7, 11) is 0. The number of rotatable bonds is 5. The van der Waals surface area contributed by atoms with Gasteiger partial charge in [0.1, 0.15) is 16.0 Å². The smallest absolute Gasteiger partial charge is 0.347 e. The number of carbonyl (C=O) groups is 1. The van der Waals surface area contributed by atoms with Crippen LogP contribution in [-0.2, 0) is 4.74 Å². The Morgan fingerprint density at radius 1 is 1.53 bits per heavy atom. The molecule has 1 unspecified atom stereocenters. The average Bonchev–Trinajstić information content (AvgIpc) is 3.04. The Kier molecular flexibility index (Phi) is 3.97. The third-order valence-corrected chi connectivity index (χ3v) is 4.27. The van der Waals surface area contributed by atoms with Gasteiger partial charge in [0.25, 0.3) is 0 Å². The van der Waals surface area contributed by atoms with Crippen molar-refractivity contribution in [3.8, 4) is 0 Å². The molecule has 0 radical (unpaired) electrons. The molecule has 0 aromatic carbocycles. The van der Waals surface area contributed by atoms with E-state index in [0.29, 0.717) is 17.4 Å². The summed E-state index contributed by atoms with van der Waals surface area (Å²) >= 11 is 1.28. The molecule has 0 bridgehead atoms. The molecule has 1 aliphatic carbocycles. The second-order valence-electron chi connectivity index (χ2n) is 6.05. The summed E-state index contributed by atoms with van der Waals surface area (Å²) in [5.41, 5.74) is 0.672. The van der Waals surface area contributed by atoms with Gasteiger partial charge in [0.15, 0.2) is 0 Å². The standard InChI is InChI=1S/C14H21NO3S/c1-5-18-11(14(2,3)4)12-15-9(8-6-7-8)10(19-12)13(16)17/h8,11H,5-7H2,1-4H3,(H,16,17). The molecule has 1 aromatic heterocycles. The van der Waals surface area contributed by atoms with E-state index in [1.54, 1.807) is 0 Å². The zero-order chi connectivity index (χ0) is 14.2. The SMILES string of the molecule is CCOC(c1nc(C2CC2)c(C(=O)O)s1)C(C)(C)C. The van der Waals surface area contributed by atoms with Crippen LogP contribution in [0.3, 0.4) is 0 Å². The summed E-state index contributed by atoms with van der Waals surface area (Å²) < 4.78 is 5.80. The second kappa shape index (κ2) is 5.21. The van der Waals surface area contributed by atoms with Crippen molar-refractivity contribution in [1.29, 1.82) is 0 Å². The van der Waals surface area contributed by atoms with Crippen LogP contribution >= 0.6 is 11.3 Å². The molecule has 1 N–H and O–H groups in total. The minimum Gasteiger partial charge on any atom is -0.477 e. The predicted molar refractivity (Wildman–Crippen MR) is 74.9 cm³/mol. The predicted octanol–water partition coefficient (Wildman–Crippen LogP) is 3.84. The first-order chi connectivity index (χ1) is 8.84. The van der Waals surface area contributed by atoms with Crippen LogP contribution < -0.4 is 0 Å². The van der Waals surface area contributed by atoms with Crippen molar-refractivity contribution in [2.45, 2.75) is 52.6 Å². The Morgan fingerprint density at radius 3 is 2.58 bits per heavy atom. The fraction of sp³-hybridized carbons (Fsp3) is 0.714. The van der Waals surface area contributed by atoms with E-state index < -0.39 is 5.97 Å². The van der Waals surface area contributed by atoms with Gasteiger partial charge < -0.3 is 9.84 Å². The first kappa shape index (κ1) is 14.5. The molecule has 0 saturated heterocycles. The fourth-order valence-corrected chi connectivity index (χ4v) is 3.39. The molecule has 0 amide bonds. The highest BCUT2D eigenvalue weighted by molar-refractivity contribution is 7.13. The Hall–Kier alpha value is -0.940. The maximum atomic E-state index is 11.3. The highest BCUT2D eigenvalue weighted by atomic mass is 32.1. The lowest BCUT2D eigenvalue weighted by atomic mass is 9.89. The van der Waals surface area contributed by atoms with E-state index >= 15 is 0 Å². The van der Waals surface area contributed by atoms with Gasteiger partial charge in [0, 0.05) is 12.5 Å². The molecule has 2 rings (SSSR count). The maximum Gasteiger partial charge on any atom is 0.347 e. The third-order valence-electron chi connectivity index (χ3n) is 3.17. The molecular formula is C14H21NO3S. The van der Waals surface area contributed by atoms with Crippen LogP contribution in [0.1, 0.15) is 72.9 Å². The molecular weight excluding hydrogens is 262 g/mol. The summed E-state index contributed by atoms with van der Waals surface area (Å²) in [5, 5.41) is 10.1. The molecule has 1 heterocycles. The summed E-state index contributed by atoms with van der Waals surface area (Å²) in [4.78, 5) is 16.3. The maximum absolute atomic E-state index is 11.3. The minimum atomic E-state index is -0.866. The third kappa shape index (κ3) is 3.15. The van der Waals surface area contributed by atoms with E-state index in [4.69, 9.17) is 4.74 Å². The molecule has 0 aliphatic heterocycles. The van der Waals surface area contributed by atoms with Gasteiger partial charge in [-0.3, -0.25) is 0 Å². The van der Waals surface area contributed by atoms with E-state index in [2.05, 4.69) is 25.8 Å². The number of ether oxygens (including phenoxy) is 1. The molecule has 0 spiro atoms.